The van der Waals surface area contributed by atoms with Crippen LogP contribution in [0.5, 0.6) is 0 Å². The van der Waals surface area contributed by atoms with Gasteiger partial charge in [0.2, 0.25) is 21.8 Å². The van der Waals surface area contributed by atoms with E-state index in [1.54, 1.807) is 17.0 Å². The number of amides is 2. The van der Waals surface area contributed by atoms with E-state index >= 15 is 0 Å². The maximum atomic E-state index is 12.8. The average molecular weight is 382 g/mol. The first kappa shape index (κ1) is 20.3. The molecule has 1 aliphatic heterocycles. The predicted octanol–water partition coefficient (Wildman–Crippen LogP) is -0.282. The van der Waals surface area contributed by atoms with E-state index in [1.807, 2.05) is 12.1 Å². The Kier molecular flexibility index (Phi) is 6.74. The summed E-state index contributed by atoms with van der Waals surface area (Å²) in [6, 6.07) is 6.92. The van der Waals surface area contributed by atoms with Crippen LogP contribution in [0.15, 0.2) is 29.2 Å². The van der Waals surface area contributed by atoms with E-state index in [2.05, 4.69) is 19.2 Å². The van der Waals surface area contributed by atoms with Gasteiger partial charge in [0.15, 0.2) is 0 Å². The molecule has 1 aromatic carbocycles. The lowest BCUT2D eigenvalue weighted by atomic mass is 10.0. The lowest BCUT2D eigenvalue weighted by Gasteiger charge is -2.34. The van der Waals surface area contributed by atoms with Crippen LogP contribution in [0.25, 0.3) is 0 Å². The van der Waals surface area contributed by atoms with Gasteiger partial charge in [0.1, 0.15) is 0 Å². The summed E-state index contributed by atoms with van der Waals surface area (Å²) in [7, 11) is -3.57. The minimum absolute atomic E-state index is 0.126. The van der Waals surface area contributed by atoms with Gasteiger partial charge in [0.25, 0.3) is 0 Å². The minimum Gasteiger partial charge on any atom is -0.346 e. The van der Waals surface area contributed by atoms with Gasteiger partial charge in [-0.05, 0) is 23.6 Å². The van der Waals surface area contributed by atoms with Crippen molar-refractivity contribution in [3.63, 3.8) is 0 Å². The number of hydrogen-bond acceptors (Lipinski definition) is 5. The number of rotatable bonds is 6. The van der Waals surface area contributed by atoms with Crippen molar-refractivity contribution in [2.45, 2.75) is 24.7 Å². The molecule has 0 atom stereocenters. The van der Waals surface area contributed by atoms with Crippen LogP contribution in [0.2, 0.25) is 0 Å². The van der Waals surface area contributed by atoms with Gasteiger partial charge in [-0.25, -0.2) is 8.42 Å². The van der Waals surface area contributed by atoms with Crippen LogP contribution >= 0.6 is 0 Å². The molecule has 0 saturated carbocycles. The van der Waals surface area contributed by atoms with Gasteiger partial charge in [-0.2, -0.15) is 4.31 Å². The number of carbonyl (C=O) groups excluding carboxylic acids is 2. The van der Waals surface area contributed by atoms with E-state index in [1.165, 1.54) is 4.31 Å². The van der Waals surface area contributed by atoms with Crippen LogP contribution in [0.4, 0.5) is 0 Å². The molecule has 0 bridgehead atoms. The quantitative estimate of drug-likeness (QED) is 0.702. The molecule has 1 aromatic rings. The summed E-state index contributed by atoms with van der Waals surface area (Å²) in [4.78, 5) is 25.0. The molecule has 0 aromatic heterocycles. The molecule has 1 saturated heterocycles. The van der Waals surface area contributed by atoms with Gasteiger partial charge in [-0.1, -0.05) is 26.0 Å². The highest BCUT2D eigenvalue weighted by Crippen LogP contribution is 2.21. The van der Waals surface area contributed by atoms with Crippen molar-refractivity contribution in [1.82, 2.24) is 14.5 Å². The molecule has 2 amide bonds. The molecule has 1 aliphatic rings. The van der Waals surface area contributed by atoms with Crippen molar-refractivity contribution in [1.29, 1.82) is 0 Å². The van der Waals surface area contributed by atoms with Crippen LogP contribution in [0.3, 0.4) is 0 Å². The Morgan fingerprint density at radius 1 is 1.12 bits per heavy atom. The molecule has 9 heteroatoms. The monoisotopic (exact) mass is 382 g/mol. The maximum absolute atomic E-state index is 12.8. The third-order valence-corrected chi connectivity index (χ3v) is 6.31. The van der Waals surface area contributed by atoms with Gasteiger partial charge in [-0.15, -0.1) is 0 Å². The molecule has 3 N–H and O–H groups in total. The van der Waals surface area contributed by atoms with Gasteiger partial charge in [0, 0.05) is 26.2 Å². The Bertz CT molecular complexity index is 739. The summed E-state index contributed by atoms with van der Waals surface area (Å²) in [5.41, 5.74) is 6.26. The predicted molar refractivity (Wildman–Crippen MR) is 97.9 cm³/mol. The smallest absolute Gasteiger partial charge is 0.243 e. The van der Waals surface area contributed by atoms with Crippen molar-refractivity contribution in [3.8, 4) is 0 Å². The highest BCUT2D eigenvalue weighted by Gasteiger charge is 2.30. The molecule has 0 spiro atoms. The first-order valence-electron chi connectivity index (χ1n) is 8.60. The van der Waals surface area contributed by atoms with Crippen molar-refractivity contribution < 1.29 is 18.0 Å². The Balaban J connectivity index is 1.95. The summed E-state index contributed by atoms with van der Waals surface area (Å²) in [6.45, 7) is 4.84. The van der Waals surface area contributed by atoms with Crippen molar-refractivity contribution >= 4 is 21.8 Å². The molecule has 26 heavy (non-hydrogen) atoms. The Labute approximate surface area is 154 Å². The Hall–Kier alpha value is -1.97. The van der Waals surface area contributed by atoms with E-state index in [9.17, 15) is 18.0 Å². The fraction of sp³-hybridized carbons (Fsp3) is 0.529. The Morgan fingerprint density at radius 2 is 1.69 bits per heavy atom. The molecule has 0 unspecified atom stereocenters. The molecule has 144 valence electrons. The fourth-order valence-electron chi connectivity index (χ4n) is 2.71. The SMILES string of the molecule is CC(C)c1ccc(S(=O)(=O)N2CCN(C(=O)CNC(=O)CN)CC2)cc1. The number of nitrogens with one attached hydrogen (secondary N) is 1. The normalized spacial score (nSPS) is 15.9. The van der Waals surface area contributed by atoms with Crippen LogP contribution in [0, 0.1) is 0 Å². The van der Waals surface area contributed by atoms with Crippen molar-refractivity contribution in [3.05, 3.63) is 29.8 Å². The molecule has 1 heterocycles. The standard InChI is InChI=1S/C17H26N4O4S/c1-13(2)14-3-5-15(6-4-14)26(24,25)21-9-7-20(8-10-21)17(23)12-19-16(22)11-18/h3-6,13H,7-12,18H2,1-2H3,(H,19,22). The van der Waals surface area contributed by atoms with Crippen molar-refractivity contribution in [2.75, 3.05) is 39.3 Å². The summed E-state index contributed by atoms with van der Waals surface area (Å²) in [5.74, 6) is -0.310. The first-order valence-corrected chi connectivity index (χ1v) is 10.0. The zero-order chi connectivity index (χ0) is 19.3. The molecule has 8 nitrogen and oxygen atoms in total. The summed E-state index contributed by atoms with van der Waals surface area (Å²) >= 11 is 0. The number of benzene rings is 1. The summed E-state index contributed by atoms with van der Waals surface area (Å²) in [5, 5.41) is 2.42. The number of sulfonamides is 1. The zero-order valence-electron chi connectivity index (χ0n) is 15.1. The second-order valence-corrected chi connectivity index (χ2v) is 8.43. The van der Waals surface area contributed by atoms with Crippen LogP contribution in [-0.2, 0) is 19.6 Å². The number of piperazine rings is 1. The van der Waals surface area contributed by atoms with E-state index in [0.29, 0.717) is 19.0 Å². The summed E-state index contributed by atoms with van der Waals surface area (Å²) < 4.78 is 26.9. The van der Waals surface area contributed by atoms with Crippen molar-refractivity contribution in [2.24, 2.45) is 5.73 Å². The van der Waals surface area contributed by atoms with E-state index in [4.69, 9.17) is 5.73 Å². The third kappa shape index (κ3) is 4.80. The topological polar surface area (TPSA) is 113 Å². The highest BCUT2D eigenvalue weighted by molar-refractivity contribution is 7.89. The number of hydrogen-bond donors (Lipinski definition) is 2. The third-order valence-electron chi connectivity index (χ3n) is 4.40. The number of nitrogens with zero attached hydrogens (tertiary/aromatic N) is 2. The molecule has 0 aliphatic carbocycles. The molecular formula is C17H26N4O4S. The highest BCUT2D eigenvalue weighted by atomic mass is 32.2. The minimum atomic E-state index is -3.57. The van der Waals surface area contributed by atoms with E-state index in [0.717, 1.165) is 5.56 Å². The lowest BCUT2D eigenvalue weighted by Crippen LogP contribution is -2.52. The van der Waals surface area contributed by atoms with E-state index in [-0.39, 0.29) is 37.0 Å². The van der Waals surface area contributed by atoms with Gasteiger partial charge in [-0.3, -0.25) is 9.59 Å². The molecule has 1 fully saturated rings. The van der Waals surface area contributed by atoms with Gasteiger partial charge in [0.05, 0.1) is 18.0 Å². The number of carbonyl (C=O) groups is 2. The largest absolute Gasteiger partial charge is 0.346 e. The Morgan fingerprint density at radius 3 is 2.19 bits per heavy atom. The number of nitrogens with two attached hydrogens (primary N) is 1. The van der Waals surface area contributed by atoms with E-state index < -0.39 is 15.9 Å². The van der Waals surface area contributed by atoms with Crippen LogP contribution < -0.4 is 11.1 Å². The molecule has 2 rings (SSSR count). The second-order valence-electron chi connectivity index (χ2n) is 6.49. The van der Waals surface area contributed by atoms with Gasteiger partial charge < -0.3 is 16.0 Å². The lowest BCUT2D eigenvalue weighted by molar-refractivity contribution is -0.133. The average Bonchev–Trinajstić information content (AvgIpc) is 2.65. The first-order chi connectivity index (χ1) is 12.3. The van der Waals surface area contributed by atoms with Gasteiger partial charge >= 0.3 is 0 Å². The zero-order valence-corrected chi connectivity index (χ0v) is 16.0. The second kappa shape index (κ2) is 8.61. The van der Waals surface area contributed by atoms with Crippen LogP contribution in [0.1, 0.15) is 25.3 Å². The maximum Gasteiger partial charge on any atom is 0.243 e. The van der Waals surface area contributed by atoms with Crippen LogP contribution in [-0.4, -0.2) is 68.7 Å². The fourth-order valence-corrected chi connectivity index (χ4v) is 4.13. The molecule has 0 radical (unpaired) electrons. The molecular weight excluding hydrogens is 356 g/mol. The summed E-state index contributed by atoms with van der Waals surface area (Å²) in [6.07, 6.45) is 0.